The van der Waals surface area contributed by atoms with Crippen molar-refractivity contribution in [2.75, 3.05) is 14.2 Å². The maximum atomic E-state index is 13.5. The number of oxazole rings is 1. The summed E-state index contributed by atoms with van der Waals surface area (Å²) in [6, 6.07) is 16.1. The summed E-state index contributed by atoms with van der Waals surface area (Å²) in [7, 11) is 3.03. The Bertz CT molecular complexity index is 1230. The summed E-state index contributed by atoms with van der Waals surface area (Å²) < 4.78 is 29.8. The third-order valence-electron chi connectivity index (χ3n) is 4.89. The average molecular weight is 455 g/mol. The van der Waals surface area contributed by atoms with Gasteiger partial charge >= 0.3 is 0 Å². The Labute approximate surface area is 189 Å². The van der Waals surface area contributed by atoms with E-state index < -0.39 is 0 Å². The molecule has 0 aliphatic heterocycles. The quantitative estimate of drug-likeness (QED) is 0.370. The number of benzene rings is 3. The molecule has 32 heavy (non-hydrogen) atoms. The fourth-order valence-corrected chi connectivity index (χ4v) is 3.47. The fourth-order valence-electron chi connectivity index (χ4n) is 3.30. The van der Waals surface area contributed by atoms with Crippen molar-refractivity contribution in [3.05, 3.63) is 88.5 Å². The van der Waals surface area contributed by atoms with E-state index in [4.69, 9.17) is 25.5 Å². The maximum absolute atomic E-state index is 13.5. The van der Waals surface area contributed by atoms with Crippen LogP contribution < -0.4 is 9.47 Å². The molecule has 0 unspecified atom stereocenters. The van der Waals surface area contributed by atoms with Gasteiger partial charge in [0.05, 0.1) is 20.8 Å². The molecule has 0 fully saturated rings. The molecule has 0 bridgehead atoms. The lowest BCUT2D eigenvalue weighted by Gasteiger charge is -2.22. The molecule has 1 aromatic heterocycles. The zero-order chi connectivity index (χ0) is 22.7. The average Bonchev–Trinajstić information content (AvgIpc) is 3.20. The Morgan fingerprint density at radius 1 is 1.00 bits per heavy atom. The third-order valence-corrected chi connectivity index (χ3v) is 5.13. The summed E-state index contributed by atoms with van der Waals surface area (Å²) in [5.41, 5.74) is 2.31. The third kappa shape index (κ3) is 4.84. The number of methoxy groups -OCH3 is 2. The van der Waals surface area contributed by atoms with Gasteiger partial charge < -0.3 is 18.8 Å². The van der Waals surface area contributed by atoms with Crippen molar-refractivity contribution >= 4 is 28.6 Å². The van der Waals surface area contributed by atoms with Gasteiger partial charge in [0.15, 0.2) is 5.58 Å². The van der Waals surface area contributed by atoms with Crippen LogP contribution in [0.2, 0.25) is 5.02 Å². The second-order valence-electron chi connectivity index (χ2n) is 7.11. The summed E-state index contributed by atoms with van der Waals surface area (Å²) >= 11 is 6.04. The summed E-state index contributed by atoms with van der Waals surface area (Å²) in [4.78, 5) is 19.5. The first-order chi connectivity index (χ1) is 15.4. The Morgan fingerprint density at radius 2 is 1.69 bits per heavy atom. The Hall–Kier alpha value is -3.58. The van der Waals surface area contributed by atoms with Crippen LogP contribution in [0.5, 0.6) is 11.5 Å². The van der Waals surface area contributed by atoms with Crippen LogP contribution in [0.3, 0.4) is 0 Å². The molecule has 1 amide bonds. The van der Waals surface area contributed by atoms with Crippen LogP contribution in [-0.4, -0.2) is 30.0 Å². The van der Waals surface area contributed by atoms with Crippen LogP contribution >= 0.6 is 11.6 Å². The fraction of sp³-hybridized carbons (Fsp3) is 0.167. The van der Waals surface area contributed by atoms with E-state index in [1.54, 1.807) is 53.4 Å². The highest BCUT2D eigenvalue weighted by molar-refractivity contribution is 6.31. The highest BCUT2D eigenvalue weighted by Crippen LogP contribution is 2.26. The Balaban J connectivity index is 1.69. The first-order valence-electron chi connectivity index (χ1n) is 9.77. The van der Waals surface area contributed by atoms with Gasteiger partial charge in [-0.05, 0) is 48.0 Å². The molecule has 8 heteroatoms. The van der Waals surface area contributed by atoms with E-state index >= 15 is 0 Å². The zero-order valence-corrected chi connectivity index (χ0v) is 18.2. The molecule has 0 spiro atoms. The molecule has 4 rings (SSSR count). The molecule has 3 aromatic carbocycles. The van der Waals surface area contributed by atoms with Crippen LogP contribution in [0.4, 0.5) is 4.39 Å². The van der Waals surface area contributed by atoms with Gasteiger partial charge in [0, 0.05) is 23.2 Å². The van der Waals surface area contributed by atoms with Gasteiger partial charge in [0.1, 0.15) is 22.8 Å². The predicted octanol–water partition coefficient (Wildman–Crippen LogP) is 5.48. The molecular weight excluding hydrogens is 435 g/mol. The van der Waals surface area contributed by atoms with Gasteiger partial charge in [-0.1, -0.05) is 23.7 Å². The van der Waals surface area contributed by atoms with Gasteiger partial charge in [-0.15, -0.1) is 0 Å². The van der Waals surface area contributed by atoms with Crippen molar-refractivity contribution in [3.63, 3.8) is 0 Å². The van der Waals surface area contributed by atoms with Crippen LogP contribution in [0, 0.1) is 5.82 Å². The van der Waals surface area contributed by atoms with Gasteiger partial charge in [-0.2, -0.15) is 0 Å². The smallest absolute Gasteiger partial charge is 0.254 e. The normalized spacial score (nSPS) is 10.9. The predicted molar refractivity (Wildman–Crippen MR) is 119 cm³/mol. The van der Waals surface area contributed by atoms with E-state index in [9.17, 15) is 9.18 Å². The number of fused-ring (bicyclic) bond motifs is 1. The van der Waals surface area contributed by atoms with E-state index in [2.05, 4.69) is 4.98 Å². The monoisotopic (exact) mass is 454 g/mol. The molecule has 164 valence electrons. The summed E-state index contributed by atoms with van der Waals surface area (Å²) in [5.74, 6) is 0.705. The van der Waals surface area contributed by atoms with Crippen molar-refractivity contribution in [1.82, 2.24) is 9.88 Å². The van der Waals surface area contributed by atoms with E-state index in [0.29, 0.717) is 39.1 Å². The van der Waals surface area contributed by atoms with Gasteiger partial charge in [0.2, 0.25) is 5.89 Å². The molecular formula is C24H20ClFN2O4. The number of ether oxygens (including phenoxy) is 2. The number of aromatic nitrogens is 1. The number of rotatable bonds is 7. The molecule has 0 saturated carbocycles. The highest BCUT2D eigenvalue weighted by atomic mass is 35.5. The number of amides is 1. The van der Waals surface area contributed by atoms with Crippen molar-refractivity contribution < 1.29 is 23.1 Å². The van der Waals surface area contributed by atoms with Gasteiger partial charge in [-0.25, -0.2) is 9.37 Å². The standard InChI is InChI=1S/C24H20ClFN2O4/c1-30-19-9-16(10-20(12-19)31-2)24(29)28(13-15-3-6-18(26)7-4-15)14-23-27-21-11-17(25)5-8-22(21)32-23/h3-12H,13-14H2,1-2H3. The van der Waals surface area contributed by atoms with Gasteiger partial charge in [0.25, 0.3) is 5.91 Å². The first kappa shape index (κ1) is 21.6. The number of hydrogen-bond acceptors (Lipinski definition) is 5. The zero-order valence-electron chi connectivity index (χ0n) is 17.5. The summed E-state index contributed by atoms with van der Waals surface area (Å²) in [5, 5.41) is 0.542. The lowest BCUT2D eigenvalue weighted by molar-refractivity contribution is 0.0714. The highest BCUT2D eigenvalue weighted by Gasteiger charge is 2.21. The number of nitrogens with zero attached hydrogens (tertiary/aromatic N) is 2. The number of carbonyl (C=O) groups is 1. The minimum absolute atomic E-state index is 0.0992. The van der Waals surface area contributed by atoms with Crippen molar-refractivity contribution in [2.45, 2.75) is 13.1 Å². The minimum atomic E-state index is -0.347. The number of hydrogen-bond donors (Lipinski definition) is 0. The van der Waals surface area contributed by atoms with Crippen LogP contribution in [0.15, 0.2) is 65.1 Å². The summed E-state index contributed by atoms with van der Waals surface area (Å²) in [6.45, 7) is 0.320. The van der Waals surface area contributed by atoms with Crippen molar-refractivity contribution in [1.29, 1.82) is 0 Å². The number of carbonyl (C=O) groups excluding carboxylic acids is 1. The molecule has 1 heterocycles. The molecule has 0 N–H and O–H groups in total. The molecule has 6 nitrogen and oxygen atoms in total. The van der Waals surface area contributed by atoms with Crippen LogP contribution in [-0.2, 0) is 13.1 Å². The largest absolute Gasteiger partial charge is 0.497 e. The van der Waals surface area contributed by atoms with E-state index in [0.717, 1.165) is 5.56 Å². The maximum Gasteiger partial charge on any atom is 0.254 e. The first-order valence-corrected chi connectivity index (χ1v) is 10.1. The Kier molecular flexibility index (Phi) is 6.28. The van der Waals surface area contributed by atoms with Crippen molar-refractivity contribution in [3.8, 4) is 11.5 Å². The molecule has 0 aliphatic rings. The SMILES string of the molecule is COc1cc(OC)cc(C(=O)N(Cc2ccc(F)cc2)Cc2nc3cc(Cl)ccc3o2)c1. The van der Waals surface area contributed by atoms with E-state index in [-0.39, 0.29) is 24.8 Å². The molecule has 0 saturated heterocycles. The van der Waals surface area contributed by atoms with Crippen molar-refractivity contribution in [2.24, 2.45) is 0 Å². The summed E-state index contributed by atoms with van der Waals surface area (Å²) in [6.07, 6.45) is 0. The lowest BCUT2D eigenvalue weighted by Crippen LogP contribution is -2.30. The number of halogens is 2. The molecule has 4 aromatic rings. The van der Waals surface area contributed by atoms with Gasteiger partial charge in [-0.3, -0.25) is 4.79 Å². The van der Waals surface area contributed by atoms with Crippen LogP contribution in [0.25, 0.3) is 11.1 Å². The second-order valence-corrected chi connectivity index (χ2v) is 7.55. The lowest BCUT2D eigenvalue weighted by atomic mass is 10.1. The molecule has 0 atom stereocenters. The van der Waals surface area contributed by atoms with E-state index in [1.807, 2.05) is 0 Å². The Morgan fingerprint density at radius 3 is 2.34 bits per heavy atom. The van der Waals surface area contributed by atoms with Crippen LogP contribution in [0.1, 0.15) is 21.8 Å². The molecule has 0 aliphatic carbocycles. The minimum Gasteiger partial charge on any atom is -0.497 e. The second kappa shape index (κ2) is 9.28. The molecule has 0 radical (unpaired) electrons. The topological polar surface area (TPSA) is 64.8 Å². The van der Waals surface area contributed by atoms with E-state index in [1.165, 1.54) is 26.4 Å².